The van der Waals surface area contributed by atoms with Crippen LogP contribution in [0.5, 0.6) is 0 Å². The van der Waals surface area contributed by atoms with E-state index in [0.717, 1.165) is 11.1 Å². The van der Waals surface area contributed by atoms with Gasteiger partial charge in [0.05, 0.1) is 0 Å². The highest BCUT2D eigenvalue weighted by Crippen LogP contribution is 2.21. The maximum absolute atomic E-state index is 11.7. The third-order valence-corrected chi connectivity index (χ3v) is 3.38. The van der Waals surface area contributed by atoms with Crippen molar-refractivity contribution in [3.63, 3.8) is 0 Å². The topological polar surface area (TPSA) is 80.9 Å². The molecule has 0 amide bonds. The monoisotopic (exact) mass is 294 g/mol. The summed E-state index contributed by atoms with van der Waals surface area (Å²) >= 11 is 0. The lowest BCUT2D eigenvalue weighted by molar-refractivity contribution is -0.141. The highest BCUT2D eigenvalue weighted by molar-refractivity contribution is 5.73. The number of hydrogen-bond acceptors (Lipinski definition) is 4. The zero-order valence-electron chi connectivity index (χ0n) is 11.7. The summed E-state index contributed by atoms with van der Waals surface area (Å²) in [5.41, 5.74) is 1.70. The molecule has 0 spiro atoms. The molecule has 6 heteroatoms. The van der Waals surface area contributed by atoms with Crippen molar-refractivity contribution >= 4 is 5.97 Å². The number of hydrogen-bond donors (Lipinski definition) is 1. The SMILES string of the molecule is O=C(O)C(Cc1ccccc1)n1nnnc1-c1ccccc1. The number of benzene rings is 2. The molecule has 3 rings (SSSR count). The van der Waals surface area contributed by atoms with Crippen LogP contribution in [-0.2, 0) is 11.2 Å². The average Bonchev–Trinajstić information content (AvgIpc) is 3.03. The van der Waals surface area contributed by atoms with Crippen molar-refractivity contribution < 1.29 is 9.90 Å². The van der Waals surface area contributed by atoms with E-state index in [2.05, 4.69) is 15.5 Å². The van der Waals surface area contributed by atoms with Crippen LogP contribution in [0, 0.1) is 0 Å². The van der Waals surface area contributed by atoms with Gasteiger partial charge < -0.3 is 5.11 Å². The van der Waals surface area contributed by atoms with Gasteiger partial charge in [0.2, 0.25) is 0 Å². The first kappa shape index (κ1) is 13.9. The van der Waals surface area contributed by atoms with Crippen LogP contribution in [-0.4, -0.2) is 31.3 Å². The van der Waals surface area contributed by atoms with Gasteiger partial charge in [0.25, 0.3) is 0 Å². The van der Waals surface area contributed by atoms with Crippen LogP contribution < -0.4 is 0 Å². The Morgan fingerprint density at radius 2 is 1.68 bits per heavy atom. The molecule has 22 heavy (non-hydrogen) atoms. The van der Waals surface area contributed by atoms with Crippen molar-refractivity contribution in [3.8, 4) is 11.4 Å². The van der Waals surface area contributed by atoms with Gasteiger partial charge in [0.15, 0.2) is 11.9 Å². The molecule has 0 radical (unpaired) electrons. The zero-order chi connectivity index (χ0) is 15.4. The van der Waals surface area contributed by atoms with Crippen molar-refractivity contribution in [2.24, 2.45) is 0 Å². The Hall–Kier alpha value is -3.02. The molecule has 0 saturated carbocycles. The fraction of sp³-hybridized carbons (Fsp3) is 0.125. The Morgan fingerprint density at radius 1 is 1.05 bits per heavy atom. The molecule has 0 saturated heterocycles. The van der Waals surface area contributed by atoms with Gasteiger partial charge in [-0.2, -0.15) is 0 Å². The van der Waals surface area contributed by atoms with Crippen LogP contribution in [0.25, 0.3) is 11.4 Å². The molecule has 2 aromatic carbocycles. The third kappa shape index (κ3) is 2.85. The molecule has 0 aliphatic carbocycles. The predicted octanol–water partition coefficient (Wildman–Crippen LogP) is 2.21. The molecular formula is C16H14N4O2. The molecule has 1 atom stereocenters. The second kappa shape index (κ2) is 6.17. The van der Waals surface area contributed by atoms with E-state index < -0.39 is 12.0 Å². The summed E-state index contributed by atoms with van der Waals surface area (Å²) in [7, 11) is 0. The van der Waals surface area contributed by atoms with Crippen LogP contribution in [0.3, 0.4) is 0 Å². The summed E-state index contributed by atoms with van der Waals surface area (Å²) in [4.78, 5) is 11.7. The molecular weight excluding hydrogens is 280 g/mol. The normalized spacial score (nSPS) is 12.0. The average molecular weight is 294 g/mol. The van der Waals surface area contributed by atoms with Gasteiger partial charge in [-0.05, 0) is 16.0 Å². The number of tetrazole rings is 1. The molecule has 0 fully saturated rings. The molecule has 1 heterocycles. The molecule has 0 aliphatic rings. The number of carboxylic acid groups (broad SMARTS) is 1. The number of carbonyl (C=O) groups is 1. The number of aliphatic carboxylic acids is 1. The molecule has 110 valence electrons. The molecule has 3 aromatic rings. The lowest BCUT2D eigenvalue weighted by atomic mass is 10.1. The van der Waals surface area contributed by atoms with E-state index in [0.29, 0.717) is 12.2 Å². The van der Waals surface area contributed by atoms with E-state index >= 15 is 0 Å². The Balaban J connectivity index is 1.97. The zero-order valence-corrected chi connectivity index (χ0v) is 11.7. The minimum absolute atomic E-state index is 0.320. The first-order chi connectivity index (χ1) is 10.8. The largest absolute Gasteiger partial charge is 0.480 e. The fourth-order valence-electron chi connectivity index (χ4n) is 2.30. The predicted molar refractivity (Wildman–Crippen MR) is 80.1 cm³/mol. The van der Waals surface area contributed by atoms with Gasteiger partial charge in [0.1, 0.15) is 0 Å². The molecule has 6 nitrogen and oxygen atoms in total. The van der Waals surface area contributed by atoms with Crippen molar-refractivity contribution in [2.75, 3.05) is 0 Å². The highest BCUT2D eigenvalue weighted by atomic mass is 16.4. The number of aromatic nitrogens is 4. The molecule has 1 unspecified atom stereocenters. The van der Waals surface area contributed by atoms with Crippen molar-refractivity contribution in [1.29, 1.82) is 0 Å². The summed E-state index contributed by atoms with van der Waals surface area (Å²) in [5, 5.41) is 21.1. The lowest BCUT2D eigenvalue weighted by Crippen LogP contribution is -2.23. The quantitative estimate of drug-likeness (QED) is 0.780. The van der Waals surface area contributed by atoms with E-state index in [-0.39, 0.29) is 0 Å². The Morgan fingerprint density at radius 3 is 2.32 bits per heavy atom. The van der Waals surface area contributed by atoms with Crippen LogP contribution in [0.4, 0.5) is 0 Å². The maximum atomic E-state index is 11.7. The summed E-state index contributed by atoms with van der Waals surface area (Å²) in [6.45, 7) is 0. The van der Waals surface area contributed by atoms with Crippen molar-refractivity contribution in [2.45, 2.75) is 12.5 Å². The van der Waals surface area contributed by atoms with E-state index in [9.17, 15) is 9.90 Å². The van der Waals surface area contributed by atoms with Gasteiger partial charge in [-0.15, -0.1) is 5.10 Å². The Kier molecular flexibility index (Phi) is 3.91. The van der Waals surface area contributed by atoms with Crippen LogP contribution >= 0.6 is 0 Å². The van der Waals surface area contributed by atoms with E-state index in [1.807, 2.05) is 60.7 Å². The highest BCUT2D eigenvalue weighted by Gasteiger charge is 2.25. The van der Waals surface area contributed by atoms with E-state index in [4.69, 9.17) is 0 Å². The minimum Gasteiger partial charge on any atom is -0.480 e. The summed E-state index contributed by atoms with van der Waals surface area (Å²) in [6.07, 6.45) is 0.320. The van der Waals surface area contributed by atoms with Gasteiger partial charge in [-0.1, -0.05) is 60.7 Å². The van der Waals surface area contributed by atoms with Gasteiger partial charge in [0, 0.05) is 12.0 Å². The summed E-state index contributed by atoms with van der Waals surface area (Å²) < 4.78 is 1.37. The number of rotatable bonds is 5. The van der Waals surface area contributed by atoms with E-state index in [1.54, 1.807) is 0 Å². The molecule has 0 aliphatic heterocycles. The Labute approximate surface area is 127 Å². The van der Waals surface area contributed by atoms with Gasteiger partial charge in [-0.25, -0.2) is 9.48 Å². The summed E-state index contributed by atoms with van der Waals surface area (Å²) in [6, 6.07) is 17.9. The van der Waals surface area contributed by atoms with Crippen molar-refractivity contribution in [1.82, 2.24) is 20.2 Å². The Bertz CT molecular complexity index is 756. The standard InChI is InChI=1S/C16H14N4O2/c21-16(22)14(11-12-7-3-1-4-8-12)20-15(17-18-19-20)13-9-5-2-6-10-13/h1-10,14H,11H2,(H,21,22). The first-order valence-corrected chi connectivity index (χ1v) is 6.85. The maximum Gasteiger partial charge on any atom is 0.329 e. The van der Waals surface area contributed by atoms with Crippen molar-refractivity contribution in [3.05, 3.63) is 66.2 Å². The number of carboxylic acids is 1. The molecule has 1 N–H and O–H groups in total. The van der Waals surface area contributed by atoms with Crippen LogP contribution in [0.2, 0.25) is 0 Å². The second-order valence-electron chi connectivity index (χ2n) is 4.86. The minimum atomic E-state index is -0.965. The molecule has 1 aromatic heterocycles. The lowest BCUT2D eigenvalue weighted by Gasteiger charge is -2.14. The second-order valence-corrected chi connectivity index (χ2v) is 4.86. The van der Waals surface area contributed by atoms with Gasteiger partial charge in [-0.3, -0.25) is 0 Å². The van der Waals surface area contributed by atoms with Gasteiger partial charge >= 0.3 is 5.97 Å². The third-order valence-electron chi connectivity index (χ3n) is 3.38. The van der Waals surface area contributed by atoms with Crippen LogP contribution in [0.15, 0.2) is 60.7 Å². The van der Waals surface area contributed by atoms with Crippen LogP contribution in [0.1, 0.15) is 11.6 Å². The first-order valence-electron chi connectivity index (χ1n) is 6.85. The van der Waals surface area contributed by atoms with E-state index in [1.165, 1.54) is 4.68 Å². The fourth-order valence-corrected chi connectivity index (χ4v) is 2.30. The number of nitrogens with zero attached hydrogens (tertiary/aromatic N) is 4. The summed E-state index contributed by atoms with van der Waals surface area (Å²) in [5.74, 6) is -0.516. The smallest absolute Gasteiger partial charge is 0.329 e. The molecule has 0 bridgehead atoms.